The SMILES string of the molecule is CCNCc1cc(C)nc(N2CCC3CCCCC32)c1. The van der Waals surface area contributed by atoms with Gasteiger partial charge in [0.2, 0.25) is 0 Å². The average molecular weight is 273 g/mol. The van der Waals surface area contributed by atoms with E-state index in [0.717, 1.165) is 30.7 Å². The molecule has 20 heavy (non-hydrogen) atoms. The molecule has 1 saturated heterocycles. The molecule has 1 aliphatic heterocycles. The van der Waals surface area contributed by atoms with Crippen molar-refractivity contribution in [3.05, 3.63) is 23.4 Å². The van der Waals surface area contributed by atoms with Crippen molar-refractivity contribution in [2.24, 2.45) is 5.92 Å². The second kappa shape index (κ2) is 6.13. The summed E-state index contributed by atoms with van der Waals surface area (Å²) in [5, 5.41) is 3.42. The van der Waals surface area contributed by atoms with Gasteiger partial charge in [-0.05, 0) is 56.3 Å². The fraction of sp³-hybridized carbons (Fsp3) is 0.706. The van der Waals surface area contributed by atoms with Crippen molar-refractivity contribution in [3.8, 4) is 0 Å². The van der Waals surface area contributed by atoms with Crippen molar-refractivity contribution >= 4 is 5.82 Å². The van der Waals surface area contributed by atoms with Crippen LogP contribution in [0.15, 0.2) is 12.1 Å². The molecule has 0 bridgehead atoms. The number of aryl methyl sites for hydroxylation is 1. The van der Waals surface area contributed by atoms with Gasteiger partial charge in [-0.25, -0.2) is 4.98 Å². The third-order valence-electron chi connectivity index (χ3n) is 4.88. The lowest BCUT2D eigenvalue weighted by molar-refractivity contribution is 0.341. The number of fused-ring (bicyclic) bond motifs is 1. The number of hydrogen-bond donors (Lipinski definition) is 1. The Balaban J connectivity index is 1.80. The molecule has 1 saturated carbocycles. The minimum Gasteiger partial charge on any atom is -0.353 e. The van der Waals surface area contributed by atoms with Crippen molar-refractivity contribution in [2.45, 2.75) is 58.5 Å². The van der Waals surface area contributed by atoms with Gasteiger partial charge in [0.1, 0.15) is 5.82 Å². The van der Waals surface area contributed by atoms with Gasteiger partial charge in [0.25, 0.3) is 0 Å². The van der Waals surface area contributed by atoms with E-state index >= 15 is 0 Å². The fourth-order valence-corrected chi connectivity index (χ4v) is 3.93. The highest BCUT2D eigenvalue weighted by molar-refractivity contribution is 5.45. The zero-order chi connectivity index (χ0) is 13.9. The van der Waals surface area contributed by atoms with Crippen molar-refractivity contribution in [2.75, 3.05) is 18.0 Å². The molecule has 2 heterocycles. The Kier molecular flexibility index (Phi) is 4.25. The van der Waals surface area contributed by atoms with E-state index < -0.39 is 0 Å². The Hall–Kier alpha value is -1.09. The first kappa shape index (κ1) is 13.9. The van der Waals surface area contributed by atoms with Crippen LogP contribution in [0, 0.1) is 12.8 Å². The lowest BCUT2D eigenvalue weighted by Gasteiger charge is -2.32. The highest BCUT2D eigenvalue weighted by Gasteiger charge is 2.36. The molecule has 0 amide bonds. The standard InChI is InChI=1S/C17H27N3/c1-3-18-12-14-10-13(2)19-17(11-14)20-9-8-15-6-4-5-7-16(15)20/h10-11,15-16,18H,3-9,12H2,1-2H3. The molecular weight excluding hydrogens is 246 g/mol. The summed E-state index contributed by atoms with van der Waals surface area (Å²) in [4.78, 5) is 7.40. The Labute approximate surface area is 122 Å². The lowest BCUT2D eigenvalue weighted by atomic mass is 9.85. The molecule has 2 unspecified atom stereocenters. The molecule has 1 N–H and O–H groups in total. The minimum atomic E-state index is 0.755. The maximum absolute atomic E-state index is 4.81. The van der Waals surface area contributed by atoms with Gasteiger partial charge >= 0.3 is 0 Å². The first-order valence-corrected chi connectivity index (χ1v) is 8.23. The number of aromatic nitrogens is 1. The summed E-state index contributed by atoms with van der Waals surface area (Å²) in [6, 6.07) is 5.26. The number of anilines is 1. The van der Waals surface area contributed by atoms with E-state index in [1.165, 1.54) is 50.0 Å². The predicted molar refractivity (Wildman–Crippen MR) is 84.1 cm³/mol. The van der Waals surface area contributed by atoms with E-state index in [-0.39, 0.29) is 0 Å². The zero-order valence-electron chi connectivity index (χ0n) is 12.9. The number of rotatable bonds is 4. The maximum atomic E-state index is 4.81. The van der Waals surface area contributed by atoms with Gasteiger partial charge in [-0.3, -0.25) is 0 Å². The van der Waals surface area contributed by atoms with E-state index in [1.54, 1.807) is 0 Å². The van der Waals surface area contributed by atoms with E-state index in [4.69, 9.17) is 4.98 Å². The normalized spacial score (nSPS) is 25.8. The first-order valence-electron chi connectivity index (χ1n) is 8.23. The maximum Gasteiger partial charge on any atom is 0.129 e. The minimum absolute atomic E-state index is 0.755. The van der Waals surface area contributed by atoms with Crippen LogP contribution in [-0.2, 0) is 6.54 Å². The van der Waals surface area contributed by atoms with Gasteiger partial charge in [0, 0.05) is 24.8 Å². The van der Waals surface area contributed by atoms with Gasteiger partial charge < -0.3 is 10.2 Å². The summed E-state index contributed by atoms with van der Waals surface area (Å²) in [6.45, 7) is 7.45. The molecule has 0 aromatic carbocycles. The fourth-order valence-electron chi connectivity index (χ4n) is 3.93. The third-order valence-corrected chi connectivity index (χ3v) is 4.88. The Bertz CT molecular complexity index is 458. The highest BCUT2D eigenvalue weighted by atomic mass is 15.2. The number of nitrogens with zero attached hydrogens (tertiary/aromatic N) is 2. The van der Waals surface area contributed by atoms with Crippen molar-refractivity contribution in [3.63, 3.8) is 0 Å². The van der Waals surface area contributed by atoms with Gasteiger partial charge in [-0.1, -0.05) is 19.8 Å². The molecule has 3 rings (SSSR count). The molecule has 1 aromatic rings. The zero-order valence-corrected chi connectivity index (χ0v) is 12.9. The quantitative estimate of drug-likeness (QED) is 0.912. The van der Waals surface area contributed by atoms with Crippen LogP contribution >= 0.6 is 0 Å². The van der Waals surface area contributed by atoms with Crippen LogP contribution in [0.1, 0.15) is 50.3 Å². The molecule has 0 spiro atoms. The Morgan fingerprint density at radius 1 is 1.25 bits per heavy atom. The predicted octanol–water partition coefficient (Wildman–Crippen LogP) is 3.27. The molecular formula is C17H27N3. The molecule has 3 heteroatoms. The van der Waals surface area contributed by atoms with Crippen molar-refractivity contribution in [1.29, 1.82) is 0 Å². The van der Waals surface area contributed by atoms with Gasteiger partial charge in [-0.2, -0.15) is 0 Å². The second-order valence-electron chi connectivity index (χ2n) is 6.35. The summed E-state index contributed by atoms with van der Waals surface area (Å²) < 4.78 is 0. The average Bonchev–Trinajstić information content (AvgIpc) is 2.88. The Morgan fingerprint density at radius 3 is 2.95 bits per heavy atom. The summed E-state index contributed by atoms with van der Waals surface area (Å²) in [5.74, 6) is 2.13. The number of hydrogen-bond acceptors (Lipinski definition) is 3. The van der Waals surface area contributed by atoms with Crippen LogP contribution in [0.2, 0.25) is 0 Å². The monoisotopic (exact) mass is 273 g/mol. The summed E-state index contributed by atoms with van der Waals surface area (Å²) >= 11 is 0. The molecule has 2 atom stereocenters. The summed E-state index contributed by atoms with van der Waals surface area (Å²) in [7, 11) is 0. The van der Waals surface area contributed by atoms with Crippen LogP contribution in [0.4, 0.5) is 5.82 Å². The topological polar surface area (TPSA) is 28.2 Å². The third kappa shape index (κ3) is 2.83. The molecule has 2 aliphatic rings. The summed E-state index contributed by atoms with van der Waals surface area (Å²) in [5.41, 5.74) is 2.52. The molecule has 1 aromatic heterocycles. The molecule has 0 radical (unpaired) electrons. The number of pyridine rings is 1. The van der Waals surface area contributed by atoms with Crippen LogP contribution in [0.25, 0.3) is 0 Å². The largest absolute Gasteiger partial charge is 0.353 e. The molecule has 1 aliphatic carbocycles. The van der Waals surface area contributed by atoms with E-state index in [1.807, 2.05) is 0 Å². The Morgan fingerprint density at radius 2 is 2.10 bits per heavy atom. The molecule has 2 fully saturated rings. The van der Waals surface area contributed by atoms with Gasteiger partial charge in [0.05, 0.1) is 0 Å². The highest BCUT2D eigenvalue weighted by Crippen LogP contribution is 2.38. The van der Waals surface area contributed by atoms with Gasteiger partial charge in [-0.15, -0.1) is 0 Å². The lowest BCUT2D eigenvalue weighted by Crippen LogP contribution is -2.35. The second-order valence-corrected chi connectivity index (χ2v) is 6.35. The van der Waals surface area contributed by atoms with Crippen LogP contribution < -0.4 is 10.2 Å². The van der Waals surface area contributed by atoms with E-state index in [9.17, 15) is 0 Å². The summed E-state index contributed by atoms with van der Waals surface area (Å²) in [6.07, 6.45) is 6.98. The van der Waals surface area contributed by atoms with Crippen LogP contribution in [-0.4, -0.2) is 24.1 Å². The van der Waals surface area contributed by atoms with Gasteiger partial charge in [0.15, 0.2) is 0 Å². The van der Waals surface area contributed by atoms with Crippen molar-refractivity contribution < 1.29 is 0 Å². The van der Waals surface area contributed by atoms with Crippen LogP contribution in [0.5, 0.6) is 0 Å². The van der Waals surface area contributed by atoms with E-state index in [0.29, 0.717) is 0 Å². The number of nitrogens with one attached hydrogen (secondary N) is 1. The molecule has 3 nitrogen and oxygen atoms in total. The van der Waals surface area contributed by atoms with Crippen LogP contribution in [0.3, 0.4) is 0 Å². The first-order chi connectivity index (χ1) is 9.78. The smallest absolute Gasteiger partial charge is 0.129 e. The van der Waals surface area contributed by atoms with E-state index in [2.05, 4.69) is 36.2 Å². The molecule has 110 valence electrons. The van der Waals surface area contributed by atoms with Crippen molar-refractivity contribution in [1.82, 2.24) is 10.3 Å².